The van der Waals surface area contributed by atoms with E-state index in [0.29, 0.717) is 0 Å². The number of hydrogen-bond donors (Lipinski definition) is 1. The predicted octanol–water partition coefficient (Wildman–Crippen LogP) is 3.38. The molecule has 0 saturated heterocycles. The van der Waals surface area contributed by atoms with Crippen LogP contribution in [0.1, 0.15) is 45.6 Å². The van der Waals surface area contributed by atoms with E-state index >= 15 is 0 Å². The van der Waals surface area contributed by atoms with Crippen molar-refractivity contribution in [2.24, 2.45) is 5.92 Å². The Kier molecular flexibility index (Phi) is 22.5. The summed E-state index contributed by atoms with van der Waals surface area (Å²) in [6.45, 7) is 14.3. The molecule has 0 fully saturated rings. The molecule has 7 nitrogen and oxygen atoms in total. The number of carboxylic acid groups (broad SMARTS) is 1. The van der Waals surface area contributed by atoms with Crippen molar-refractivity contribution in [2.75, 3.05) is 25.1 Å². The Labute approximate surface area is 157 Å². The first-order valence-electron chi connectivity index (χ1n) is 8.42. The molecule has 0 bridgehead atoms. The Morgan fingerprint density at radius 2 is 1.88 bits per heavy atom. The third-order valence-electron chi connectivity index (χ3n) is 3.18. The first-order chi connectivity index (χ1) is 12.5. The van der Waals surface area contributed by atoms with Gasteiger partial charge in [-0.05, 0) is 24.5 Å². The van der Waals surface area contributed by atoms with Gasteiger partial charge in [0, 0.05) is 13.2 Å². The van der Waals surface area contributed by atoms with Crippen molar-refractivity contribution in [1.82, 2.24) is 4.98 Å². The van der Waals surface area contributed by atoms with Gasteiger partial charge >= 0.3 is 0 Å². The van der Waals surface area contributed by atoms with Gasteiger partial charge in [-0.1, -0.05) is 40.0 Å². The molecule has 0 aliphatic carbocycles. The van der Waals surface area contributed by atoms with E-state index in [0.717, 1.165) is 30.6 Å². The summed E-state index contributed by atoms with van der Waals surface area (Å²) in [6.07, 6.45) is 5.98. The lowest BCUT2D eigenvalue weighted by atomic mass is 10.1. The van der Waals surface area contributed by atoms with Gasteiger partial charge in [0.05, 0.1) is 12.2 Å². The van der Waals surface area contributed by atoms with Crippen molar-refractivity contribution in [1.29, 1.82) is 0 Å². The Balaban J connectivity index is -0.000000325. The zero-order chi connectivity index (χ0) is 21.0. The van der Waals surface area contributed by atoms with Crippen LogP contribution in [-0.2, 0) is 14.4 Å². The van der Waals surface area contributed by atoms with Crippen LogP contribution in [-0.4, -0.2) is 50.3 Å². The molecule has 150 valence electrons. The van der Waals surface area contributed by atoms with Crippen molar-refractivity contribution < 1.29 is 24.2 Å². The molecule has 1 aliphatic heterocycles. The monoisotopic (exact) mass is 370 g/mol. The number of anilines is 1. The molecule has 1 aromatic heterocycles. The van der Waals surface area contributed by atoms with E-state index < -0.39 is 0 Å². The Morgan fingerprint density at radius 3 is 2.31 bits per heavy atom. The number of aromatic nitrogens is 1. The number of carbonyl (C=O) groups is 3. The fraction of sp³-hybridized carbons (Fsp3) is 0.579. The first-order valence-corrected chi connectivity index (χ1v) is 8.42. The molecular formula is C19H34N2O5. The van der Waals surface area contributed by atoms with Crippen LogP contribution in [0, 0.1) is 12.8 Å². The fourth-order valence-electron chi connectivity index (χ4n) is 1.94. The standard InChI is InChI=1S/C9H12N2O.C7H16.CH2O2.2CH2O/c1-7-5-8-9(10-6-7)12-4-3-11(8)2;1-4-5-6-7(2)3;2-1-3;2*1-2/h5-6H,3-4H2,1-2H3;7H,4-6H2,1-3H3;1H,(H,2,3);2*1H2. The summed E-state index contributed by atoms with van der Waals surface area (Å²) in [7, 11) is 2.06. The molecule has 0 radical (unpaired) electrons. The quantitative estimate of drug-likeness (QED) is 0.815. The number of carbonyl (C=O) groups excluding carboxylic acids is 2. The number of likely N-dealkylation sites (N-methyl/N-ethyl adjacent to an activating group) is 1. The summed E-state index contributed by atoms with van der Waals surface area (Å²) in [6, 6.07) is 2.10. The second kappa shape index (κ2) is 20.6. The van der Waals surface area contributed by atoms with Crippen molar-refractivity contribution in [3.05, 3.63) is 17.8 Å². The molecule has 2 rings (SSSR count). The summed E-state index contributed by atoms with van der Waals surface area (Å²) in [5, 5.41) is 6.89. The molecule has 1 aromatic rings. The topological polar surface area (TPSA) is 96.8 Å². The largest absolute Gasteiger partial charge is 0.483 e. The molecule has 0 spiro atoms. The summed E-state index contributed by atoms with van der Waals surface area (Å²) < 4.78 is 5.40. The summed E-state index contributed by atoms with van der Waals surface area (Å²) in [5.41, 5.74) is 2.27. The van der Waals surface area contributed by atoms with Gasteiger partial charge in [-0.25, -0.2) is 4.98 Å². The summed E-state index contributed by atoms with van der Waals surface area (Å²) >= 11 is 0. The Morgan fingerprint density at radius 1 is 1.35 bits per heavy atom. The average molecular weight is 370 g/mol. The molecule has 7 heteroatoms. The second-order valence-electron chi connectivity index (χ2n) is 5.75. The van der Waals surface area contributed by atoms with Gasteiger partial charge in [-0.15, -0.1) is 0 Å². The number of pyridine rings is 1. The minimum atomic E-state index is -0.250. The molecule has 0 amide bonds. The normalized spacial score (nSPS) is 10.6. The molecular weight excluding hydrogens is 336 g/mol. The smallest absolute Gasteiger partial charge is 0.290 e. The van der Waals surface area contributed by atoms with Crippen molar-refractivity contribution in [3.8, 4) is 5.88 Å². The number of aryl methyl sites for hydroxylation is 1. The second-order valence-corrected chi connectivity index (χ2v) is 5.75. The van der Waals surface area contributed by atoms with Crippen LogP contribution in [0.5, 0.6) is 5.88 Å². The molecule has 1 N–H and O–H groups in total. The number of ether oxygens (including phenoxy) is 1. The number of fused-ring (bicyclic) bond motifs is 1. The molecule has 0 unspecified atom stereocenters. The van der Waals surface area contributed by atoms with Crippen molar-refractivity contribution in [3.63, 3.8) is 0 Å². The predicted molar refractivity (Wildman–Crippen MR) is 105 cm³/mol. The summed E-state index contributed by atoms with van der Waals surface area (Å²) in [4.78, 5) is 30.7. The Hall–Kier alpha value is -2.44. The van der Waals surface area contributed by atoms with Gasteiger partial charge in [-0.2, -0.15) is 0 Å². The van der Waals surface area contributed by atoms with E-state index in [1.165, 1.54) is 24.8 Å². The van der Waals surface area contributed by atoms with Gasteiger partial charge in [-0.3, -0.25) is 4.79 Å². The van der Waals surface area contributed by atoms with E-state index in [1.54, 1.807) is 0 Å². The minimum absolute atomic E-state index is 0.250. The molecule has 2 heterocycles. The SMILES string of the molecule is C=O.C=O.CCCCC(C)C.Cc1cnc2c(c1)N(C)CCO2.O=CO. The first kappa shape index (κ1) is 28.4. The maximum atomic E-state index is 8.36. The van der Waals surface area contributed by atoms with Gasteiger partial charge in [0.25, 0.3) is 6.47 Å². The maximum absolute atomic E-state index is 8.36. The maximum Gasteiger partial charge on any atom is 0.290 e. The van der Waals surface area contributed by atoms with E-state index in [9.17, 15) is 0 Å². The molecule has 0 atom stereocenters. The number of rotatable bonds is 3. The third kappa shape index (κ3) is 15.1. The van der Waals surface area contributed by atoms with Crippen LogP contribution in [0.3, 0.4) is 0 Å². The minimum Gasteiger partial charge on any atom is -0.483 e. The van der Waals surface area contributed by atoms with Gasteiger partial charge in [0.1, 0.15) is 20.2 Å². The van der Waals surface area contributed by atoms with Crippen LogP contribution in [0.2, 0.25) is 0 Å². The molecule has 0 aromatic carbocycles. The number of hydrogen-bond acceptors (Lipinski definition) is 6. The van der Waals surface area contributed by atoms with Crippen LogP contribution in [0.25, 0.3) is 0 Å². The van der Waals surface area contributed by atoms with Crippen LogP contribution >= 0.6 is 0 Å². The highest BCUT2D eigenvalue weighted by Crippen LogP contribution is 2.28. The van der Waals surface area contributed by atoms with Gasteiger partial charge in [0.2, 0.25) is 5.88 Å². The number of nitrogens with zero attached hydrogens (tertiary/aromatic N) is 2. The lowest BCUT2D eigenvalue weighted by molar-refractivity contribution is -0.122. The van der Waals surface area contributed by atoms with Crippen LogP contribution < -0.4 is 9.64 Å². The fourth-order valence-corrected chi connectivity index (χ4v) is 1.94. The highest BCUT2D eigenvalue weighted by atomic mass is 16.5. The highest BCUT2D eigenvalue weighted by Gasteiger charge is 2.15. The van der Waals surface area contributed by atoms with E-state index in [2.05, 4.69) is 43.8 Å². The lowest BCUT2D eigenvalue weighted by Crippen LogP contribution is -2.29. The molecule has 26 heavy (non-hydrogen) atoms. The Bertz CT molecular complexity index is 454. The highest BCUT2D eigenvalue weighted by molar-refractivity contribution is 5.56. The van der Waals surface area contributed by atoms with E-state index in [-0.39, 0.29) is 6.47 Å². The summed E-state index contributed by atoms with van der Waals surface area (Å²) in [5.74, 6) is 1.66. The lowest BCUT2D eigenvalue weighted by Gasteiger charge is -2.26. The van der Waals surface area contributed by atoms with Crippen LogP contribution in [0.15, 0.2) is 12.3 Å². The third-order valence-corrected chi connectivity index (χ3v) is 3.18. The average Bonchev–Trinajstić information content (AvgIpc) is 2.65. The zero-order valence-corrected chi connectivity index (χ0v) is 16.7. The van der Waals surface area contributed by atoms with E-state index in [4.69, 9.17) is 24.2 Å². The van der Waals surface area contributed by atoms with Gasteiger partial charge < -0.3 is 24.3 Å². The molecule has 0 saturated carbocycles. The number of unbranched alkanes of at least 4 members (excludes halogenated alkanes) is 1. The molecule has 1 aliphatic rings. The van der Waals surface area contributed by atoms with Crippen molar-refractivity contribution in [2.45, 2.75) is 47.0 Å². The van der Waals surface area contributed by atoms with Crippen LogP contribution in [0.4, 0.5) is 5.69 Å². The van der Waals surface area contributed by atoms with E-state index in [1.807, 2.05) is 26.7 Å². The zero-order valence-electron chi connectivity index (χ0n) is 16.7. The van der Waals surface area contributed by atoms with Crippen molar-refractivity contribution >= 4 is 25.7 Å². The van der Waals surface area contributed by atoms with Gasteiger partial charge in [0.15, 0.2) is 0 Å².